The molecule has 0 saturated heterocycles. The number of benzene rings is 4. The van der Waals surface area contributed by atoms with E-state index in [9.17, 15) is 14.4 Å². The molecule has 1 heterocycles. The van der Waals surface area contributed by atoms with E-state index in [2.05, 4.69) is 20.9 Å². The summed E-state index contributed by atoms with van der Waals surface area (Å²) in [4.78, 5) is 44.9. The van der Waals surface area contributed by atoms with Crippen LogP contribution in [-0.2, 0) is 9.59 Å². The number of rotatable bonds is 10. The molecule has 0 fully saturated rings. The first-order chi connectivity index (χ1) is 21.8. The van der Waals surface area contributed by atoms with Crippen molar-refractivity contribution in [2.45, 2.75) is 17.1 Å². The number of aryl methyl sites for hydroxylation is 1. The number of nitrogens with one attached hydrogen (secondary N) is 3. The molecule has 45 heavy (non-hydrogen) atoms. The molecule has 1 unspecified atom stereocenters. The second kappa shape index (κ2) is 15.0. The maximum Gasteiger partial charge on any atom is 0.272 e. The zero-order valence-electron chi connectivity index (χ0n) is 24.2. The van der Waals surface area contributed by atoms with Crippen molar-refractivity contribution in [2.75, 3.05) is 10.6 Å². The van der Waals surface area contributed by atoms with E-state index in [1.165, 1.54) is 18.0 Å². The van der Waals surface area contributed by atoms with E-state index in [-0.39, 0.29) is 11.6 Å². The Morgan fingerprint density at radius 1 is 0.800 bits per heavy atom. The van der Waals surface area contributed by atoms with Gasteiger partial charge in [0, 0.05) is 22.3 Å². The average molecular weight is 633 g/mol. The van der Waals surface area contributed by atoms with Gasteiger partial charge in [0.15, 0.2) is 0 Å². The molecule has 0 aliphatic carbocycles. The lowest BCUT2D eigenvalue weighted by atomic mass is 10.1. The first-order valence-corrected chi connectivity index (χ1v) is 15.3. The number of pyridine rings is 1. The van der Waals surface area contributed by atoms with Gasteiger partial charge >= 0.3 is 0 Å². The van der Waals surface area contributed by atoms with E-state index < -0.39 is 17.1 Å². The SMILES string of the molecule is Cc1ccc(/C=C(\NC(=O)c2ccccc2)C(=O)Nc2cccc(SC(C(=O)Nc3ccc(Cl)cn3)c3ccccc3)c2)cc1. The zero-order valence-corrected chi connectivity index (χ0v) is 25.8. The van der Waals surface area contributed by atoms with Crippen LogP contribution in [0.15, 0.2) is 138 Å². The minimum atomic E-state index is -0.614. The van der Waals surface area contributed by atoms with Gasteiger partial charge in [-0.05, 0) is 66.6 Å². The highest BCUT2D eigenvalue weighted by Crippen LogP contribution is 2.37. The quantitative estimate of drug-likeness (QED) is 0.107. The molecule has 3 N–H and O–H groups in total. The molecule has 224 valence electrons. The van der Waals surface area contributed by atoms with Crippen LogP contribution in [0.4, 0.5) is 11.5 Å². The molecule has 7 nitrogen and oxygen atoms in total. The third-order valence-electron chi connectivity index (χ3n) is 6.58. The summed E-state index contributed by atoms with van der Waals surface area (Å²) >= 11 is 7.28. The van der Waals surface area contributed by atoms with Gasteiger partial charge in [0.05, 0.1) is 5.02 Å². The molecule has 4 aromatic carbocycles. The number of thioether (sulfide) groups is 1. The lowest BCUT2D eigenvalue weighted by Gasteiger charge is -2.17. The second-order valence-corrected chi connectivity index (χ2v) is 11.6. The fraction of sp³-hybridized carbons (Fsp3) is 0.0556. The standard InChI is InChI=1S/C36H29ClN4O3S/c1-24-15-17-25(18-16-24)21-31(40-34(42)27-11-6-3-7-12-27)35(43)39-29-13-8-14-30(22-29)45-33(26-9-4-2-5-10-26)36(44)41-32-20-19-28(37)23-38-32/h2-23,33H,1H3,(H,39,43)(H,40,42)(H,38,41,44)/b31-21-. The highest BCUT2D eigenvalue weighted by molar-refractivity contribution is 8.00. The van der Waals surface area contributed by atoms with Crippen LogP contribution in [0.5, 0.6) is 0 Å². The number of carbonyl (C=O) groups is 3. The lowest BCUT2D eigenvalue weighted by Crippen LogP contribution is -2.30. The summed E-state index contributed by atoms with van der Waals surface area (Å²) in [6, 6.07) is 36.2. The third-order valence-corrected chi connectivity index (χ3v) is 8.05. The van der Waals surface area contributed by atoms with Gasteiger partial charge < -0.3 is 16.0 Å². The molecular weight excluding hydrogens is 604 g/mol. The van der Waals surface area contributed by atoms with Crippen molar-refractivity contribution in [3.63, 3.8) is 0 Å². The second-order valence-electron chi connectivity index (χ2n) is 10.0. The summed E-state index contributed by atoms with van der Waals surface area (Å²) in [5.41, 5.74) is 3.65. The maximum absolute atomic E-state index is 13.6. The Morgan fingerprint density at radius 2 is 1.51 bits per heavy atom. The highest BCUT2D eigenvalue weighted by atomic mass is 35.5. The predicted octanol–water partition coefficient (Wildman–Crippen LogP) is 7.93. The number of hydrogen-bond acceptors (Lipinski definition) is 5. The fourth-order valence-electron chi connectivity index (χ4n) is 4.30. The molecule has 0 aliphatic rings. The molecule has 1 atom stereocenters. The third kappa shape index (κ3) is 8.92. The van der Waals surface area contributed by atoms with Gasteiger partial charge in [-0.15, -0.1) is 11.8 Å². The Morgan fingerprint density at radius 3 is 2.20 bits per heavy atom. The fourth-order valence-corrected chi connectivity index (χ4v) is 5.49. The van der Waals surface area contributed by atoms with Gasteiger partial charge in [-0.25, -0.2) is 4.98 Å². The molecule has 9 heteroatoms. The van der Waals surface area contributed by atoms with Crippen molar-refractivity contribution in [2.24, 2.45) is 0 Å². The number of aromatic nitrogens is 1. The van der Waals surface area contributed by atoms with E-state index in [4.69, 9.17) is 11.6 Å². The molecule has 0 saturated carbocycles. The molecule has 0 spiro atoms. The van der Waals surface area contributed by atoms with Crippen molar-refractivity contribution in [1.29, 1.82) is 0 Å². The van der Waals surface area contributed by atoms with Crippen molar-refractivity contribution >= 4 is 58.7 Å². The van der Waals surface area contributed by atoms with Crippen LogP contribution in [0, 0.1) is 6.92 Å². The van der Waals surface area contributed by atoms with Gasteiger partial charge in [-0.2, -0.15) is 0 Å². The van der Waals surface area contributed by atoms with Crippen molar-refractivity contribution in [3.8, 4) is 0 Å². The Labute approximate surface area is 270 Å². The molecule has 1 aromatic heterocycles. The van der Waals surface area contributed by atoms with E-state index in [0.717, 1.165) is 21.6 Å². The van der Waals surface area contributed by atoms with E-state index in [0.29, 0.717) is 22.1 Å². The van der Waals surface area contributed by atoms with E-state index in [1.54, 1.807) is 60.7 Å². The number of amides is 3. The summed E-state index contributed by atoms with van der Waals surface area (Å²) < 4.78 is 0. The summed E-state index contributed by atoms with van der Waals surface area (Å²) in [5, 5.41) is 8.38. The summed E-state index contributed by atoms with van der Waals surface area (Å²) in [7, 11) is 0. The van der Waals surface area contributed by atoms with E-state index in [1.807, 2.05) is 73.7 Å². The Bertz CT molecular complexity index is 1810. The maximum atomic E-state index is 13.6. The largest absolute Gasteiger partial charge is 0.321 e. The van der Waals surface area contributed by atoms with Gasteiger partial charge in [-0.1, -0.05) is 96.0 Å². The van der Waals surface area contributed by atoms with Crippen LogP contribution in [0.25, 0.3) is 6.08 Å². The first kappa shape index (κ1) is 31.3. The van der Waals surface area contributed by atoms with E-state index >= 15 is 0 Å². The van der Waals surface area contributed by atoms with Crippen LogP contribution >= 0.6 is 23.4 Å². The minimum absolute atomic E-state index is 0.0859. The molecular formula is C36H29ClN4O3S. The first-order valence-electron chi connectivity index (χ1n) is 14.0. The van der Waals surface area contributed by atoms with Crippen LogP contribution in [0.2, 0.25) is 5.02 Å². The van der Waals surface area contributed by atoms with Gasteiger partial charge in [-0.3, -0.25) is 14.4 Å². The summed E-state index contributed by atoms with van der Waals surface area (Å²) in [5.74, 6) is -0.770. The number of carbonyl (C=O) groups excluding carboxylic acids is 3. The van der Waals surface area contributed by atoms with Gasteiger partial charge in [0.25, 0.3) is 11.8 Å². The average Bonchev–Trinajstić information content (AvgIpc) is 3.06. The van der Waals surface area contributed by atoms with Gasteiger partial charge in [0.1, 0.15) is 16.8 Å². The Kier molecular flexibility index (Phi) is 10.4. The smallest absolute Gasteiger partial charge is 0.272 e. The van der Waals surface area contributed by atoms with Crippen LogP contribution < -0.4 is 16.0 Å². The minimum Gasteiger partial charge on any atom is -0.321 e. The topological polar surface area (TPSA) is 100 Å². The summed E-state index contributed by atoms with van der Waals surface area (Å²) in [6.45, 7) is 1.98. The highest BCUT2D eigenvalue weighted by Gasteiger charge is 2.23. The number of halogens is 1. The van der Waals surface area contributed by atoms with Crippen LogP contribution in [0.1, 0.15) is 32.3 Å². The molecule has 3 amide bonds. The normalized spacial score (nSPS) is 11.7. The monoisotopic (exact) mass is 632 g/mol. The number of hydrogen-bond donors (Lipinski definition) is 3. The molecule has 5 aromatic rings. The molecule has 0 radical (unpaired) electrons. The molecule has 5 rings (SSSR count). The molecule has 0 aliphatic heterocycles. The van der Waals surface area contributed by atoms with Crippen molar-refractivity contribution < 1.29 is 14.4 Å². The Balaban J connectivity index is 1.37. The Hall–Kier alpha value is -5.18. The zero-order chi connectivity index (χ0) is 31.6. The summed E-state index contributed by atoms with van der Waals surface area (Å²) in [6.07, 6.45) is 3.10. The predicted molar refractivity (Wildman–Crippen MR) is 181 cm³/mol. The van der Waals surface area contributed by atoms with Crippen molar-refractivity contribution in [1.82, 2.24) is 10.3 Å². The van der Waals surface area contributed by atoms with Crippen molar-refractivity contribution in [3.05, 3.63) is 160 Å². The van der Waals surface area contributed by atoms with Crippen LogP contribution in [0.3, 0.4) is 0 Å². The lowest BCUT2D eigenvalue weighted by molar-refractivity contribution is -0.116. The number of nitrogens with zero attached hydrogens (tertiary/aromatic N) is 1. The van der Waals surface area contributed by atoms with Crippen LogP contribution in [-0.4, -0.2) is 22.7 Å². The number of anilines is 2. The molecule has 0 bridgehead atoms. The van der Waals surface area contributed by atoms with Gasteiger partial charge in [0.2, 0.25) is 5.91 Å².